The summed E-state index contributed by atoms with van der Waals surface area (Å²) in [5.74, 6) is -2.26. The van der Waals surface area contributed by atoms with Gasteiger partial charge in [-0.05, 0) is 18.2 Å². The van der Waals surface area contributed by atoms with E-state index >= 15 is 0 Å². The maximum atomic E-state index is 12.8. The van der Waals surface area contributed by atoms with Crippen molar-refractivity contribution in [3.05, 3.63) is 46.6 Å². The van der Waals surface area contributed by atoms with Crippen LogP contribution in [0.2, 0.25) is 0 Å². The number of aliphatic hydroxyl groups is 4. The zero-order chi connectivity index (χ0) is 30.3. The smallest absolute Gasteiger partial charge is 0.303 e. The minimum atomic E-state index is -1.83. The normalized spacial score (nSPS) is 29.5. The van der Waals surface area contributed by atoms with E-state index in [1.807, 2.05) is 0 Å². The molecule has 0 saturated carbocycles. The van der Waals surface area contributed by atoms with Crippen LogP contribution in [-0.2, 0) is 23.7 Å². The monoisotopic (exact) mass is 592 g/mol. The molecule has 0 unspecified atom stereocenters. The lowest BCUT2D eigenvalue weighted by atomic mass is 10.00. The third-order valence-electron chi connectivity index (χ3n) is 6.92. The number of carbonyl (C=O) groups excluding carboxylic acids is 1. The van der Waals surface area contributed by atoms with Crippen molar-refractivity contribution in [2.45, 2.75) is 49.5 Å². The molecule has 0 spiro atoms. The molecule has 0 aliphatic carbocycles. The van der Waals surface area contributed by atoms with Gasteiger partial charge in [0.2, 0.25) is 6.29 Å². The zero-order valence-corrected chi connectivity index (χ0v) is 21.9. The number of ether oxygens (including phenoxy) is 5. The number of phenols is 3. The van der Waals surface area contributed by atoms with Crippen molar-refractivity contribution in [2.24, 2.45) is 0 Å². The number of hydrogen-bond donors (Lipinski definition) is 7. The van der Waals surface area contributed by atoms with Gasteiger partial charge in [0.05, 0.1) is 19.8 Å². The van der Waals surface area contributed by atoms with Crippen molar-refractivity contribution in [1.29, 1.82) is 0 Å². The third-order valence-corrected chi connectivity index (χ3v) is 6.92. The Morgan fingerprint density at radius 2 is 1.76 bits per heavy atom. The Bertz CT molecular complexity index is 1540. The molecule has 3 heterocycles. The zero-order valence-electron chi connectivity index (χ0n) is 21.9. The first-order chi connectivity index (χ1) is 19.9. The molecule has 5 rings (SSSR count). The number of fused-ring (bicyclic) bond motifs is 1. The van der Waals surface area contributed by atoms with E-state index in [1.165, 1.54) is 24.3 Å². The fourth-order valence-electron chi connectivity index (χ4n) is 4.74. The lowest BCUT2D eigenvalue weighted by molar-refractivity contribution is -0.298. The first kappa shape index (κ1) is 29.5. The van der Waals surface area contributed by atoms with Crippen LogP contribution in [-0.4, -0.2) is 104 Å². The number of benzene rings is 2. The van der Waals surface area contributed by atoms with Crippen LogP contribution < -0.4 is 10.2 Å². The highest BCUT2D eigenvalue weighted by molar-refractivity contribution is 5.86. The predicted molar refractivity (Wildman–Crippen MR) is 137 cm³/mol. The second kappa shape index (κ2) is 11.4. The molecule has 0 amide bonds. The number of aliphatic hydroxyl groups excluding tert-OH is 4. The lowest BCUT2D eigenvalue weighted by Crippen LogP contribution is -2.58. The third kappa shape index (κ3) is 5.46. The summed E-state index contributed by atoms with van der Waals surface area (Å²) in [4.78, 5) is 24.3. The van der Waals surface area contributed by atoms with Crippen LogP contribution in [0.15, 0.2) is 45.6 Å². The van der Waals surface area contributed by atoms with Gasteiger partial charge in [0.1, 0.15) is 46.5 Å². The number of rotatable bonds is 7. The Labute approximate surface area is 236 Å². The van der Waals surface area contributed by atoms with Gasteiger partial charge in [0, 0.05) is 30.7 Å². The number of carbonyl (C=O) groups is 1. The van der Waals surface area contributed by atoms with Crippen molar-refractivity contribution in [2.75, 3.05) is 19.8 Å². The fourth-order valence-corrected chi connectivity index (χ4v) is 4.74. The quantitative estimate of drug-likeness (QED) is 0.134. The summed E-state index contributed by atoms with van der Waals surface area (Å²) in [5, 5.41) is 71.2. The van der Waals surface area contributed by atoms with Crippen molar-refractivity contribution in [3.8, 4) is 34.3 Å². The van der Waals surface area contributed by atoms with E-state index in [2.05, 4.69) is 0 Å². The van der Waals surface area contributed by atoms with Crippen molar-refractivity contribution in [1.82, 2.24) is 0 Å². The van der Waals surface area contributed by atoms with Crippen LogP contribution in [0, 0.1) is 0 Å². The molecule has 2 fully saturated rings. The molecule has 2 aromatic carbocycles. The average Bonchev–Trinajstić information content (AvgIpc) is 3.23. The summed E-state index contributed by atoms with van der Waals surface area (Å²) >= 11 is 0. The first-order valence-corrected chi connectivity index (χ1v) is 12.7. The minimum absolute atomic E-state index is 0.000497. The number of phenolic OH excluding ortho intramolecular Hbond substituents is 3. The summed E-state index contributed by atoms with van der Waals surface area (Å²) in [6, 6.07) is 7.20. The molecule has 226 valence electrons. The van der Waals surface area contributed by atoms with Gasteiger partial charge in [-0.25, -0.2) is 0 Å². The molecule has 0 radical (unpaired) electrons. The molecule has 3 aromatic rings. The number of hydrogen-bond acceptors (Lipinski definition) is 15. The predicted octanol–water partition coefficient (Wildman–Crippen LogP) is -0.570. The molecular weight excluding hydrogens is 564 g/mol. The second-order valence-corrected chi connectivity index (χ2v) is 9.91. The molecule has 0 bridgehead atoms. The Morgan fingerprint density at radius 1 is 1.00 bits per heavy atom. The van der Waals surface area contributed by atoms with Crippen LogP contribution in [0.4, 0.5) is 0 Å². The fraction of sp³-hybridized carbons (Fsp3) is 0.407. The molecule has 15 heteroatoms. The van der Waals surface area contributed by atoms with Gasteiger partial charge < -0.3 is 63.8 Å². The summed E-state index contributed by atoms with van der Waals surface area (Å²) in [6.45, 7) is -0.550. The maximum absolute atomic E-state index is 12.8. The topological polar surface area (TPSA) is 235 Å². The summed E-state index contributed by atoms with van der Waals surface area (Å²) in [5.41, 5.74) is -2.33. The molecule has 1 aromatic heterocycles. The van der Waals surface area contributed by atoms with E-state index in [-0.39, 0.29) is 33.8 Å². The van der Waals surface area contributed by atoms with Gasteiger partial charge in [-0.1, -0.05) is 0 Å². The lowest BCUT2D eigenvalue weighted by Gasteiger charge is -2.39. The molecule has 15 nitrogen and oxygen atoms in total. The van der Waals surface area contributed by atoms with E-state index in [0.29, 0.717) is 0 Å². The van der Waals surface area contributed by atoms with Gasteiger partial charge in [0.15, 0.2) is 34.9 Å². The van der Waals surface area contributed by atoms with Gasteiger partial charge >= 0.3 is 5.97 Å². The molecule has 42 heavy (non-hydrogen) atoms. The van der Waals surface area contributed by atoms with Gasteiger partial charge in [-0.15, -0.1) is 0 Å². The van der Waals surface area contributed by atoms with Crippen LogP contribution in [0.3, 0.4) is 0 Å². The largest absolute Gasteiger partial charge is 0.507 e. The molecule has 2 aliphatic rings. The Hall–Kier alpha value is -3.96. The van der Waals surface area contributed by atoms with Crippen molar-refractivity contribution >= 4 is 16.9 Å². The van der Waals surface area contributed by atoms with E-state index in [1.54, 1.807) is 0 Å². The maximum Gasteiger partial charge on any atom is 0.303 e. The standard InChI is InChI=1S/C27H28O15/c1-11(29)42-27(9-28)10-38-26(24(27)36)41-23-22(35)18(34)8-37-25(23)39-13-5-16(32)21-17(33)7-19(40-20(21)6-13)12-2-3-14(30)15(31)4-12/h2-7,18,22-26,28,30-32,34-36H,8-10H2,1H3/t18-,22+,23-,24+,25+,26+,27-/m1/s1. The Morgan fingerprint density at radius 3 is 2.45 bits per heavy atom. The van der Waals surface area contributed by atoms with E-state index < -0.39 is 85.3 Å². The number of aromatic hydroxyl groups is 3. The van der Waals surface area contributed by atoms with E-state index in [9.17, 15) is 45.3 Å². The van der Waals surface area contributed by atoms with Crippen LogP contribution in [0.1, 0.15) is 6.92 Å². The second-order valence-electron chi connectivity index (χ2n) is 9.91. The van der Waals surface area contributed by atoms with Crippen molar-refractivity contribution in [3.63, 3.8) is 0 Å². The summed E-state index contributed by atoms with van der Waals surface area (Å²) < 4.78 is 33.2. The highest BCUT2D eigenvalue weighted by Crippen LogP contribution is 2.36. The average molecular weight is 593 g/mol. The molecule has 2 saturated heterocycles. The number of esters is 1. The highest BCUT2D eigenvalue weighted by Gasteiger charge is 2.55. The first-order valence-electron chi connectivity index (χ1n) is 12.7. The van der Waals surface area contributed by atoms with Crippen molar-refractivity contribution < 1.29 is 68.6 Å². The van der Waals surface area contributed by atoms with Crippen LogP contribution >= 0.6 is 0 Å². The van der Waals surface area contributed by atoms with E-state index in [4.69, 9.17) is 28.1 Å². The Balaban J connectivity index is 1.43. The summed E-state index contributed by atoms with van der Waals surface area (Å²) in [6.07, 6.45) is -9.30. The van der Waals surface area contributed by atoms with Gasteiger partial charge in [-0.3, -0.25) is 9.59 Å². The molecular formula is C27H28O15. The Kier molecular flexibility index (Phi) is 8.00. The molecule has 7 N–H and O–H groups in total. The van der Waals surface area contributed by atoms with Crippen LogP contribution in [0.25, 0.3) is 22.3 Å². The van der Waals surface area contributed by atoms with Gasteiger partial charge in [0.25, 0.3) is 0 Å². The van der Waals surface area contributed by atoms with Crippen LogP contribution in [0.5, 0.6) is 23.0 Å². The molecule has 7 atom stereocenters. The SMILES string of the molecule is CC(=O)O[C@]1(CO)CO[C@@H](O[C@H]2[C@H](Oc3cc(O)c4c(=O)cc(-c5ccc(O)c(O)c5)oc4c3)OC[C@@H](O)[C@@H]2O)[C@@H]1O. The highest BCUT2D eigenvalue weighted by atomic mass is 16.8. The summed E-state index contributed by atoms with van der Waals surface area (Å²) in [7, 11) is 0. The molecule has 2 aliphatic heterocycles. The minimum Gasteiger partial charge on any atom is -0.507 e. The van der Waals surface area contributed by atoms with E-state index in [0.717, 1.165) is 19.1 Å². The van der Waals surface area contributed by atoms with Gasteiger partial charge in [-0.2, -0.15) is 0 Å².